The third kappa shape index (κ3) is 1.37. The fourth-order valence-corrected chi connectivity index (χ4v) is 2.43. The van der Waals surface area contributed by atoms with Gasteiger partial charge in [0.25, 0.3) is 0 Å². The largest absolute Gasteiger partial charge is 0.477 e. The molecule has 14 heavy (non-hydrogen) atoms. The van der Waals surface area contributed by atoms with Crippen LogP contribution in [0.15, 0.2) is 18.5 Å². The standard InChI is InChI=1S/C10H9NO2S/c1-2-6-4-11-5-7-3-8(10(12)13)14-9(6)7/h3-5H,2H2,1H3,(H,12,13). The van der Waals surface area contributed by atoms with Gasteiger partial charge in [-0.15, -0.1) is 11.3 Å². The van der Waals surface area contributed by atoms with Gasteiger partial charge in [0.05, 0.1) is 0 Å². The number of nitrogens with zero attached hydrogens (tertiary/aromatic N) is 1. The van der Waals surface area contributed by atoms with Crippen molar-refractivity contribution in [1.82, 2.24) is 4.98 Å². The minimum Gasteiger partial charge on any atom is -0.477 e. The lowest BCUT2D eigenvalue weighted by atomic mass is 10.2. The molecule has 2 rings (SSSR count). The van der Waals surface area contributed by atoms with Crippen LogP contribution < -0.4 is 0 Å². The van der Waals surface area contributed by atoms with Crippen LogP contribution in [0.1, 0.15) is 22.2 Å². The summed E-state index contributed by atoms with van der Waals surface area (Å²) < 4.78 is 1.04. The highest BCUT2D eigenvalue weighted by Crippen LogP contribution is 2.28. The molecule has 0 aliphatic carbocycles. The summed E-state index contributed by atoms with van der Waals surface area (Å²) in [6.45, 7) is 2.04. The molecule has 0 bridgehead atoms. The summed E-state index contributed by atoms with van der Waals surface area (Å²) in [4.78, 5) is 15.2. The van der Waals surface area contributed by atoms with Crippen LogP contribution in [0, 0.1) is 0 Å². The molecule has 4 heteroatoms. The van der Waals surface area contributed by atoms with Crippen LogP contribution in [-0.4, -0.2) is 16.1 Å². The molecule has 1 N–H and O–H groups in total. The molecule has 0 amide bonds. The first-order valence-corrected chi connectivity index (χ1v) is 5.13. The Kier molecular flexibility index (Phi) is 2.21. The first-order chi connectivity index (χ1) is 6.72. The highest BCUT2D eigenvalue weighted by molar-refractivity contribution is 7.20. The number of hydrogen-bond acceptors (Lipinski definition) is 3. The number of carboxylic acid groups (broad SMARTS) is 1. The number of hydrogen-bond donors (Lipinski definition) is 1. The van der Waals surface area contributed by atoms with E-state index in [1.807, 2.05) is 6.92 Å². The number of thiophene rings is 1. The van der Waals surface area contributed by atoms with Crippen molar-refractivity contribution in [3.8, 4) is 0 Å². The van der Waals surface area contributed by atoms with Gasteiger partial charge in [-0.2, -0.15) is 0 Å². The summed E-state index contributed by atoms with van der Waals surface area (Å²) in [5, 5.41) is 9.76. The number of aryl methyl sites for hydroxylation is 1. The van der Waals surface area contributed by atoms with Crippen molar-refractivity contribution in [2.45, 2.75) is 13.3 Å². The van der Waals surface area contributed by atoms with E-state index in [0.29, 0.717) is 4.88 Å². The highest BCUT2D eigenvalue weighted by atomic mass is 32.1. The molecule has 2 heterocycles. The number of pyridine rings is 1. The molecule has 2 aromatic heterocycles. The maximum Gasteiger partial charge on any atom is 0.345 e. The third-order valence-corrected chi connectivity index (χ3v) is 3.30. The molecule has 0 saturated carbocycles. The normalized spacial score (nSPS) is 10.6. The molecule has 3 nitrogen and oxygen atoms in total. The van der Waals surface area contributed by atoms with Crippen molar-refractivity contribution in [2.75, 3.05) is 0 Å². The van der Waals surface area contributed by atoms with Crippen LogP contribution in [0.5, 0.6) is 0 Å². The molecule has 0 saturated heterocycles. The quantitative estimate of drug-likeness (QED) is 0.823. The van der Waals surface area contributed by atoms with Gasteiger partial charge in [0.2, 0.25) is 0 Å². The van der Waals surface area contributed by atoms with Crippen LogP contribution in [-0.2, 0) is 6.42 Å². The number of aromatic carboxylic acids is 1. The molecule has 0 aromatic carbocycles. The Morgan fingerprint density at radius 3 is 3.00 bits per heavy atom. The SMILES string of the molecule is CCc1cncc2cc(C(=O)O)sc12. The smallest absolute Gasteiger partial charge is 0.345 e. The average molecular weight is 207 g/mol. The van der Waals surface area contributed by atoms with Crippen molar-refractivity contribution in [1.29, 1.82) is 0 Å². The van der Waals surface area contributed by atoms with Gasteiger partial charge in [-0.3, -0.25) is 4.98 Å². The average Bonchev–Trinajstić information content (AvgIpc) is 2.60. The molecule has 2 aromatic rings. The summed E-state index contributed by atoms with van der Waals surface area (Å²) in [6.07, 6.45) is 4.38. The van der Waals surface area contributed by atoms with Crippen molar-refractivity contribution in [2.24, 2.45) is 0 Å². The first-order valence-electron chi connectivity index (χ1n) is 4.32. The number of aromatic nitrogens is 1. The number of rotatable bonds is 2. The predicted molar refractivity (Wildman–Crippen MR) is 56.0 cm³/mol. The van der Waals surface area contributed by atoms with E-state index < -0.39 is 5.97 Å². The summed E-state index contributed by atoms with van der Waals surface area (Å²) >= 11 is 1.32. The molecular formula is C10H9NO2S. The zero-order chi connectivity index (χ0) is 10.1. The topological polar surface area (TPSA) is 50.2 Å². The maximum absolute atomic E-state index is 10.8. The first kappa shape index (κ1) is 9.15. The van der Waals surface area contributed by atoms with Crippen LogP contribution in [0.25, 0.3) is 10.1 Å². The van der Waals surface area contributed by atoms with E-state index >= 15 is 0 Å². The lowest BCUT2D eigenvalue weighted by Gasteiger charge is -1.95. The molecule has 0 fully saturated rings. The molecule has 0 atom stereocenters. The van der Waals surface area contributed by atoms with Gasteiger partial charge in [-0.05, 0) is 18.1 Å². The molecule has 0 unspecified atom stereocenters. The highest BCUT2D eigenvalue weighted by Gasteiger charge is 2.10. The second-order valence-corrected chi connectivity index (χ2v) is 4.04. The molecule has 0 aliphatic rings. The van der Waals surface area contributed by atoms with Gasteiger partial charge in [0.15, 0.2) is 0 Å². The molecule has 0 spiro atoms. The Morgan fingerprint density at radius 2 is 2.36 bits per heavy atom. The molecule has 72 valence electrons. The molecule has 0 aliphatic heterocycles. The predicted octanol–water partition coefficient (Wildman–Crippen LogP) is 2.56. The number of carboxylic acids is 1. The van der Waals surface area contributed by atoms with Crippen molar-refractivity contribution in [3.63, 3.8) is 0 Å². The van der Waals surface area contributed by atoms with Gasteiger partial charge < -0.3 is 5.11 Å². The van der Waals surface area contributed by atoms with Gasteiger partial charge in [0, 0.05) is 22.5 Å². The van der Waals surface area contributed by atoms with Gasteiger partial charge in [0.1, 0.15) is 4.88 Å². The Morgan fingerprint density at radius 1 is 1.57 bits per heavy atom. The number of carbonyl (C=O) groups is 1. The Bertz CT molecular complexity index is 490. The van der Waals surface area contributed by atoms with Crippen molar-refractivity contribution >= 4 is 27.4 Å². The molecular weight excluding hydrogens is 198 g/mol. The van der Waals surface area contributed by atoms with E-state index in [1.165, 1.54) is 11.3 Å². The minimum atomic E-state index is -0.867. The Balaban J connectivity index is 2.70. The summed E-state index contributed by atoms with van der Waals surface area (Å²) in [5.74, 6) is -0.867. The van der Waals surface area contributed by atoms with Gasteiger partial charge in [-0.25, -0.2) is 4.79 Å². The van der Waals surface area contributed by atoms with Crippen LogP contribution in [0.3, 0.4) is 0 Å². The Labute approximate surface area is 85.0 Å². The van der Waals surface area contributed by atoms with E-state index in [9.17, 15) is 4.79 Å². The second kappa shape index (κ2) is 3.38. The summed E-state index contributed by atoms with van der Waals surface area (Å²) in [6, 6.07) is 1.68. The second-order valence-electron chi connectivity index (χ2n) is 2.99. The van der Waals surface area contributed by atoms with Gasteiger partial charge in [-0.1, -0.05) is 6.92 Å². The zero-order valence-corrected chi connectivity index (χ0v) is 8.47. The number of fused-ring (bicyclic) bond motifs is 1. The fraction of sp³-hybridized carbons (Fsp3) is 0.200. The Hall–Kier alpha value is -1.42. The van der Waals surface area contributed by atoms with E-state index in [-0.39, 0.29) is 0 Å². The lowest BCUT2D eigenvalue weighted by Crippen LogP contribution is -1.89. The molecule has 0 radical (unpaired) electrons. The summed E-state index contributed by atoms with van der Waals surface area (Å²) in [5.41, 5.74) is 1.11. The third-order valence-electron chi connectivity index (χ3n) is 2.09. The van der Waals surface area contributed by atoms with E-state index in [0.717, 1.165) is 22.1 Å². The fourth-order valence-electron chi connectivity index (χ4n) is 1.38. The zero-order valence-electron chi connectivity index (χ0n) is 7.65. The maximum atomic E-state index is 10.8. The monoisotopic (exact) mass is 207 g/mol. The van der Waals surface area contributed by atoms with E-state index in [2.05, 4.69) is 4.98 Å². The van der Waals surface area contributed by atoms with Gasteiger partial charge >= 0.3 is 5.97 Å². The van der Waals surface area contributed by atoms with Crippen LogP contribution in [0.2, 0.25) is 0 Å². The van der Waals surface area contributed by atoms with Crippen molar-refractivity contribution in [3.05, 3.63) is 28.9 Å². The van der Waals surface area contributed by atoms with Crippen LogP contribution in [0.4, 0.5) is 0 Å². The van der Waals surface area contributed by atoms with E-state index in [1.54, 1.807) is 18.5 Å². The summed E-state index contributed by atoms with van der Waals surface area (Å²) in [7, 11) is 0. The van der Waals surface area contributed by atoms with E-state index in [4.69, 9.17) is 5.11 Å². The van der Waals surface area contributed by atoms with Crippen molar-refractivity contribution < 1.29 is 9.90 Å². The minimum absolute atomic E-state index is 0.378. The van der Waals surface area contributed by atoms with Crippen LogP contribution >= 0.6 is 11.3 Å². The lowest BCUT2D eigenvalue weighted by molar-refractivity contribution is 0.0702.